The minimum atomic E-state index is -0.294. The van der Waals surface area contributed by atoms with Crippen LogP contribution < -0.4 is 16.0 Å². The number of nitrogens with one attached hydrogen (secondary N) is 1. The van der Waals surface area contributed by atoms with Gasteiger partial charge >= 0.3 is 0 Å². The predicted molar refractivity (Wildman–Crippen MR) is 82.8 cm³/mol. The molecular formula is C16H18FN3O. The summed E-state index contributed by atoms with van der Waals surface area (Å²) < 4.78 is 12.8. The second kappa shape index (κ2) is 6.26. The highest BCUT2D eigenvalue weighted by molar-refractivity contribution is 5.96. The molecule has 110 valence electrons. The van der Waals surface area contributed by atoms with Crippen LogP contribution in [0, 0.1) is 5.82 Å². The van der Waals surface area contributed by atoms with E-state index >= 15 is 0 Å². The number of nitrogen functional groups attached to an aromatic ring is 1. The number of amides is 1. The summed E-state index contributed by atoms with van der Waals surface area (Å²) in [5.74, 6) is -0.506. The van der Waals surface area contributed by atoms with Crippen LogP contribution in [0.2, 0.25) is 0 Å². The molecule has 0 bridgehead atoms. The van der Waals surface area contributed by atoms with Crippen molar-refractivity contribution < 1.29 is 9.18 Å². The second-order valence-electron chi connectivity index (χ2n) is 4.98. The summed E-state index contributed by atoms with van der Waals surface area (Å²) in [7, 11) is 3.78. The van der Waals surface area contributed by atoms with Crippen LogP contribution in [-0.4, -0.2) is 20.0 Å². The van der Waals surface area contributed by atoms with E-state index in [0.29, 0.717) is 17.8 Å². The number of hydrogen-bond acceptors (Lipinski definition) is 3. The molecule has 0 radical (unpaired) electrons. The molecule has 0 saturated carbocycles. The van der Waals surface area contributed by atoms with Gasteiger partial charge in [0, 0.05) is 26.2 Å². The topological polar surface area (TPSA) is 58.4 Å². The maximum absolute atomic E-state index is 12.8. The average Bonchev–Trinajstić information content (AvgIpc) is 2.45. The average molecular weight is 287 g/mol. The van der Waals surface area contributed by atoms with Gasteiger partial charge in [0.2, 0.25) is 0 Å². The van der Waals surface area contributed by atoms with Crippen molar-refractivity contribution in [2.75, 3.05) is 24.7 Å². The van der Waals surface area contributed by atoms with E-state index in [1.54, 1.807) is 24.3 Å². The van der Waals surface area contributed by atoms with Crippen LogP contribution in [0.3, 0.4) is 0 Å². The largest absolute Gasteiger partial charge is 0.397 e. The van der Waals surface area contributed by atoms with Gasteiger partial charge in [0.25, 0.3) is 5.91 Å². The first kappa shape index (κ1) is 14.8. The molecule has 2 aromatic rings. The zero-order valence-electron chi connectivity index (χ0n) is 12.1. The standard InChI is InChI=1S/C16H18FN3O/c1-20(2)15-8-5-12(9-14(15)18)16(21)19-10-11-3-6-13(17)7-4-11/h3-9H,10,18H2,1-2H3,(H,19,21). The molecule has 0 unspecified atom stereocenters. The molecule has 0 aromatic heterocycles. The van der Waals surface area contributed by atoms with E-state index in [2.05, 4.69) is 5.32 Å². The third kappa shape index (κ3) is 3.72. The number of halogens is 1. The normalized spacial score (nSPS) is 10.2. The van der Waals surface area contributed by atoms with E-state index < -0.39 is 0 Å². The van der Waals surface area contributed by atoms with Crippen LogP contribution >= 0.6 is 0 Å². The van der Waals surface area contributed by atoms with Gasteiger partial charge in [-0.3, -0.25) is 4.79 Å². The molecule has 3 N–H and O–H groups in total. The lowest BCUT2D eigenvalue weighted by molar-refractivity contribution is 0.0951. The van der Waals surface area contributed by atoms with Crippen molar-refractivity contribution in [2.24, 2.45) is 0 Å². The van der Waals surface area contributed by atoms with Crippen molar-refractivity contribution in [3.63, 3.8) is 0 Å². The smallest absolute Gasteiger partial charge is 0.251 e. The molecule has 5 heteroatoms. The Labute approximate surface area is 123 Å². The summed E-state index contributed by atoms with van der Waals surface area (Å²) in [5.41, 5.74) is 8.67. The van der Waals surface area contributed by atoms with Crippen LogP contribution in [0.5, 0.6) is 0 Å². The van der Waals surface area contributed by atoms with Crippen molar-refractivity contribution in [1.29, 1.82) is 0 Å². The second-order valence-corrected chi connectivity index (χ2v) is 4.98. The SMILES string of the molecule is CN(C)c1ccc(C(=O)NCc2ccc(F)cc2)cc1N. The highest BCUT2D eigenvalue weighted by atomic mass is 19.1. The summed E-state index contributed by atoms with van der Waals surface area (Å²) in [6.45, 7) is 0.342. The number of rotatable bonds is 4. The minimum Gasteiger partial charge on any atom is -0.397 e. The molecule has 0 fully saturated rings. The fourth-order valence-corrected chi connectivity index (χ4v) is 1.99. The monoisotopic (exact) mass is 287 g/mol. The molecule has 1 amide bonds. The molecule has 0 heterocycles. The first-order chi connectivity index (χ1) is 9.97. The van der Waals surface area contributed by atoms with Gasteiger partial charge < -0.3 is 16.0 Å². The summed E-state index contributed by atoms with van der Waals surface area (Å²) in [6, 6.07) is 11.2. The fraction of sp³-hybridized carbons (Fsp3) is 0.188. The van der Waals surface area contributed by atoms with Gasteiger partial charge in [-0.1, -0.05) is 12.1 Å². The number of nitrogens with two attached hydrogens (primary N) is 1. The molecule has 21 heavy (non-hydrogen) atoms. The van der Waals surface area contributed by atoms with Gasteiger partial charge in [-0.05, 0) is 35.9 Å². The molecule has 0 atom stereocenters. The van der Waals surface area contributed by atoms with Gasteiger partial charge in [0.1, 0.15) is 5.82 Å². The lowest BCUT2D eigenvalue weighted by Gasteiger charge is -2.16. The van der Waals surface area contributed by atoms with Gasteiger partial charge in [-0.15, -0.1) is 0 Å². The van der Waals surface area contributed by atoms with E-state index in [4.69, 9.17) is 5.73 Å². The zero-order chi connectivity index (χ0) is 15.4. The number of anilines is 2. The lowest BCUT2D eigenvalue weighted by atomic mass is 10.1. The third-order valence-electron chi connectivity index (χ3n) is 3.14. The molecule has 2 aromatic carbocycles. The highest BCUT2D eigenvalue weighted by Gasteiger charge is 2.09. The van der Waals surface area contributed by atoms with Crippen LogP contribution in [0.1, 0.15) is 15.9 Å². The van der Waals surface area contributed by atoms with Gasteiger partial charge in [0.05, 0.1) is 11.4 Å². The minimum absolute atomic E-state index is 0.212. The van der Waals surface area contributed by atoms with E-state index in [0.717, 1.165) is 11.3 Å². The molecule has 0 aliphatic rings. The maximum Gasteiger partial charge on any atom is 0.251 e. The van der Waals surface area contributed by atoms with Crippen molar-refractivity contribution in [3.8, 4) is 0 Å². The number of hydrogen-bond donors (Lipinski definition) is 2. The predicted octanol–water partition coefficient (Wildman–Crippen LogP) is 2.40. The fourth-order valence-electron chi connectivity index (χ4n) is 1.99. The van der Waals surface area contributed by atoms with Crippen LogP contribution in [-0.2, 0) is 6.54 Å². The molecule has 4 nitrogen and oxygen atoms in total. The van der Waals surface area contributed by atoms with Crippen molar-refractivity contribution in [3.05, 3.63) is 59.4 Å². The van der Waals surface area contributed by atoms with Crippen molar-refractivity contribution >= 4 is 17.3 Å². The van der Waals surface area contributed by atoms with Crippen LogP contribution in [0.15, 0.2) is 42.5 Å². The molecular weight excluding hydrogens is 269 g/mol. The molecule has 0 aliphatic heterocycles. The van der Waals surface area contributed by atoms with Crippen LogP contribution in [0.25, 0.3) is 0 Å². The Bertz CT molecular complexity index is 638. The summed E-state index contributed by atoms with van der Waals surface area (Å²) in [4.78, 5) is 13.9. The maximum atomic E-state index is 12.8. The summed E-state index contributed by atoms with van der Waals surface area (Å²) in [5, 5.41) is 2.78. The third-order valence-corrected chi connectivity index (χ3v) is 3.14. The highest BCUT2D eigenvalue weighted by Crippen LogP contribution is 2.22. The molecule has 0 spiro atoms. The number of benzene rings is 2. The van der Waals surface area contributed by atoms with Gasteiger partial charge in [-0.2, -0.15) is 0 Å². The Morgan fingerprint density at radius 3 is 2.43 bits per heavy atom. The van der Waals surface area contributed by atoms with Crippen LogP contribution in [0.4, 0.5) is 15.8 Å². The van der Waals surface area contributed by atoms with E-state index in [1.165, 1.54) is 12.1 Å². The van der Waals surface area contributed by atoms with Gasteiger partial charge in [-0.25, -0.2) is 4.39 Å². The quantitative estimate of drug-likeness (QED) is 0.849. The van der Waals surface area contributed by atoms with Crippen molar-refractivity contribution in [1.82, 2.24) is 5.32 Å². The summed E-state index contributed by atoms with van der Waals surface area (Å²) in [6.07, 6.45) is 0. The Morgan fingerprint density at radius 2 is 1.86 bits per heavy atom. The summed E-state index contributed by atoms with van der Waals surface area (Å²) >= 11 is 0. The molecule has 0 saturated heterocycles. The zero-order valence-corrected chi connectivity index (χ0v) is 12.1. The van der Waals surface area contributed by atoms with E-state index in [1.807, 2.05) is 25.1 Å². The Hall–Kier alpha value is -2.56. The number of carbonyl (C=O) groups excluding carboxylic acids is 1. The first-order valence-electron chi connectivity index (χ1n) is 6.57. The number of carbonyl (C=O) groups is 1. The van der Waals surface area contributed by atoms with E-state index in [-0.39, 0.29) is 11.7 Å². The lowest BCUT2D eigenvalue weighted by Crippen LogP contribution is -2.23. The van der Waals surface area contributed by atoms with Gasteiger partial charge in [0.15, 0.2) is 0 Å². The van der Waals surface area contributed by atoms with E-state index in [9.17, 15) is 9.18 Å². The molecule has 2 rings (SSSR count). The number of nitrogens with zero attached hydrogens (tertiary/aromatic N) is 1. The van der Waals surface area contributed by atoms with Crippen molar-refractivity contribution in [2.45, 2.75) is 6.54 Å². The Morgan fingerprint density at radius 1 is 1.19 bits per heavy atom. The first-order valence-corrected chi connectivity index (χ1v) is 6.57. The Balaban J connectivity index is 2.03. The molecule has 0 aliphatic carbocycles. The Kier molecular flexibility index (Phi) is 4.42.